The molecule has 0 radical (unpaired) electrons. The number of carbonyl (C=O) groups excluding carboxylic acids is 3. The fourth-order valence-electron chi connectivity index (χ4n) is 4.83. The topological polar surface area (TPSA) is 119 Å². The van der Waals surface area contributed by atoms with Gasteiger partial charge in [0.25, 0.3) is 17.7 Å². The van der Waals surface area contributed by atoms with Crippen LogP contribution < -0.4 is 10.6 Å². The standard InChI is InChI=1S/C28H32F5N3O5/c1-15-10-18(16(2)20(37)11-15)23(39)35-19(12-17-8-6-5-7-9-17)21(38)25(41)36-14-27(29,30)26(3,4)22(36)24(40)34-13-28(31,32)33/h5-11,19,21-22,37-38H,12-14H2,1-4H3,(H,34,40)(H,35,39)/t19-,21-,22?/m0/s1. The van der Waals surface area contributed by atoms with Gasteiger partial charge in [0.05, 0.1) is 18.0 Å². The number of benzene rings is 2. The third-order valence-corrected chi connectivity index (χ3v) is 7.32. The van der Waals surface area contributed by atoms with E-state index in [1.54, 1.807) is 42.6 Å². The number of hydrogen-bond donors (Lipinski definition) is 4. The molecule has 0 aliphatic carbocycles. The molecular weight excluding hydrogens is 553 g/mol. The molecule has 224 valence electrons. The molecular formula is C28H32F5N3O5. The molecule has 1 fully saturated rings. The Morgan fingerprint density at radius 2 is 1.71 bits per heavy atom. The van der Waals surface area contributed by atoms with Crippen molar-refractivity contribution in [3.8, 4) is 5.75 Å². The van der Waals surface area contributed by atoms with E-state index in [0.29, 0.717) is 16.0 Å². The van der Waals surface area contributed by atoms with Gasteiger partial charge in [0.1, 0.15) is 18.3 Å². The SMILES string of the molecule is Cc1cc(O)c(C)c(C(=O)N[C@@H](Cc2ccccc2)[C@H](O)C(=O)N2CC(F)(F)C(C)(C)C2C(=O)NCC(F)(F)F)c1. The summed E-state index contributed by atoms with van der Waals surface area (Å²) in [6, 6.07) is 7.76. The third kappa shape index (κ3) is 6.95. The van der Waals surface area contributed by atoms with Crippen LogP contribution >= 0.6 is 0 Å². The zero-order chi connectivity index (χ0) is 30.9. The van der Waals surface area contributed by atoms with E-state index in [1.807, 2.05) is 0 Å². The maximum atomic E-state index is 15.0. The average molecular weight is 586 g/mol. The molecule has 41 heavy (non-hydrogen) atoms. The number of phenolic OH excluding ortho intramolecular Hbond substituents is 1. The van der Waals surface area contributed by atoms with Crippen LogP contribution in [0.5, 0.6) is 5.75 Å². The predicted octanol–water partition coefficient (Wildman–Crippen LogP) is 3.26. The number of alkyl halides is 5. The first-order chi connectivity index (χ1) is 18.9. The number of hydrogen-bond acceptors (Lipinski definition) is 5. The van der Waals surface area contributed by atoms with Gasteiger partial charge in [0.15, 0.2) is 6.10 Å². The summed E-state index contributed by atoms with van der Waals surface area (Å²) in [5, 5.41) is 25.4. The molecule has 1 aliphatic rings. The summed E-state index contributed by atoms with van der Waals surface area (Å²) in [5.74, 6) is -7.47. The van der Waals surface area contributed by atoms with Gasteiger partial charge in [0.2, 0.25) is 5.91 Å². The first-order valence-electron chi connectivity index (χ1n) is 12.7. The summed E-state index contributed by atoms with van der Waals surface area (Å²) in [7, 11) is 0. The van der Waals surface area contributed by atoms with Crippen LogP contribution in [0, 0.1) is 19.3 Å². The molecule has 0 spiro atoms. The minimum absolute atomic E-state index is 0.0402. The van der Waals surface area contributed by atoms with Crippen molar-refractivity contribution in [3.63, 3.8) is 0 Å². The molecule has 13 heteroatoms. The van der Waals surface area contributed by atoms with Crippen LogP contribution in [0.1, 0.15) is 40.9 Å². The lowest BCUT2D eigenvalue weighted by atomic mass is 9.81. The quantitative estimate of drug-likeness (QED) is 0.355. The van der Waals surface area contributed by atoms with Crippen molar-refractivity contribution < 1.29 is 46.5 Å². The first kappa shape index (κ1) is 31.8. The molecule has 0 saturated carbocycles. The smallest absolute Gasteiger partial charge is 0.405 e. The Bertz CT molecular complexity index is 1300. The predicted molar refractivity (Wildman–Crippen MR) is 138 cm³/mol. The van der Waals surface area contributed by atoms with Crippen LogP contribution in [-0.2, 0) is 16.0 Å². The Morgan fingerprint density at radius 1 is 1.10 bits per heavy atom. The maximum absolute atomic E-state index is 15.0. The zero-order valence-corrected chi connectivity index (χ0v) is 22.9. The van der Waals surface area contributed by atoms with Crippen LogP contribution in [0.3, 0.4) is 0 Å². The molecule has 3 amide bonds. The minimum atomic E-state index is -4.83. The van der Waals surface area contributed by atoms with Gasteiger partial charge in [-0.3, -0.25) is 14.4 Å². The second-order valence-corrected chi connectivity index (χ2v) is 10.8. The number of aliphatic hydroxyl groups excluding tert-OH is 1. The highest BCUT2D eigenvalue weighted by molar-refractivity contribution is 5.97. The normalized spacial score (nSPS) is 19.4. The number of phenols is 1. The van der Waals surface area contributed by atoms with E-state index in [9.17, 15) is 37.8 Å². The van der Waals surface area contributed by atoms with Gasteiger partial charge in [0, 0.05) is 11.1 Å². The molecule has 1 saturated heterocycles. The van der Waals surface area contributed by atoms with Crippen LogP contribution in [0.4, 0.5) is 22.0 Å². The summed E-state index contributed by atoms with van der Waals surface area (Å²) in [5.41, 5.74) is -0.927. The largest absolute Gasteiger partial charge is 0.508 e. The van der Waals surface area contributed by atoms with Gasteiger partial charge in [-0.2, -0.15) is 13.2 Å². The monoisotopic (exact) mass is 585 g/mol. The fourth-order valence-corrected chi connectivity index (χ4v) is 4.83. The third-order valence-electron chi connectivity index (χ3n) is 7.32. The Balaban J connectivity index is 1.96. The highest BCUT2D eigenvalue weighted by Gasteiger charge is 2.64. The van der Waals surface area contributed by atoms with Crippen molar-refractivity contribution in [2.24, 2.45) is 5.41 Å². The van der Waals surface area contributed by atoms with E-state index in [-0.39, 0.29) is 23.3 Å². The van der Waals surface area contributed by atoms with Gasteiger partial charge >= 0.3 is 6.18 Å². The lowest BCUT2D eigenvalue weighted by Crippen LogP contribution is -2.58. The molecule has 1 aliphatic heterocycles. The Labute approximate surface area is 233 Å². The van der Waals surface area contributed by atoms with Crippen LogP contribution in [0.15, 0.2) is 42.5 Å². The minimum Gasteiger partial charge on any atom is -0.508 e. The van der Waals surface area contributed by atoms with Gasteiger partial charge in [-0.1, -0.05) is 44.2 Å². The summed E-state index contributed by atoms with van der Waals surface area (Å²) in [6.07, 6.45) is -7.14. The molecule has 0 bridgehead atoms. The number of halogens is 5. The van der Waals surface area contributed by atoms with Crippen LogP contribution in [0.2, 0.25) is 0 Å². The summed E-state index contributed by atoms with van der Waals surface area (Å²) in [6.45, 7) is 1.87. The summed E-state index contributed by atoms with van der Waals surface area (Å²) >= 11 is 0. The van der Waals surface area contributed by atoms with Crippen LogP contribution in [-0.4, -0.2) is 76.2 Å². The van der Waals surface area contributed by atoms with Crippen molar-refractivity contribution in [1.29, 1.82) is 0 Å². The molecule has 2 aromatic carbocycles. The molecule has 2 aromatic rings. The Hall–Kier alpha value is -3.74. The van der Waals surface area contributed by atoms with Crippen LogP contribution in [0.25, 0.3) is 0 Å². The lowest BCUT2D eigenvalue weighted by molar-refractivity contribution is -0.151. The second kappa shape index (κ2) is 11.6. The van der Waals surface area contributed by atoms with E-state index < -0.39 is 66.5 Å². The summed E-state index contributed by atoms with van der Waals surface area (Å²) in [4.78, 5) is 39.8. The molecule has 4 N–H and O–H groups in total. The second-order valence-electron chi connectivity index (χ2n) is 10.8. The highest BCUT2D eigenvalue weighted by Crippen LogP contribution is 2.48. The van der Waals surface area contributed by atoms with E-state index in [2.05, 4.69) is 5.32 Å². The molecule has 3 atom stereocenters. The Kier molecular flexibility index (Phi) is 9.02. The molecule has 1 heterocycles. The number of carbonyl (C=O) groups is 3. The lowest BCUT2D eigenvalue weighted by Gasteiger charge is -2.34. The molecule has 1 unspecified atom stereocenters. The number of rotatable bonds is 8. The molecule has 8 nitrogen and oxygen atoms in total. The van der Waals surface area contributed by atoms with E-state index in [0.717, 1.165) is 13.8 Å². The number of nitrogens with one attached hydrogen (secondary N) is 2. The van der Waals surface area contributed by atoms with Crippen molar-refractivity contribution in [2.75, 3.05) is 13.1 Å². The molecule has 3 rings (SSSR count). The van der Waals surface area contributed by atoms with Gasteiger partial charge < -0.3 is 25.7 Å². The zero-order valence-electron chi connectivity index (χ0n) is 22.9. The van der Waals surface area contributed by atoms with Crippen molar-refractivity contribution in [2.45, 2.75) is 64.4 Å². The Morgan fingerprint density at radius 3 is 2.29 bits per heavy atom. The number of likely N-dealkylation sites (tertiary alicyclic amines) is 1. The number of aromatic hydroxyl groups is 1. The maximum Gasteiger partial charge on any atom is 0.405 e. The van der Waals surface area contributed by atoms with Gasteiger partial charge in [-0.05, 0) is 43.5 Å². The average Bonchev–Trinajstić information content (AvgIpc) is 3.07. The number of amides is 3. The van der Waals surface area contributed by atoms with Crippen molar-refractivity contribution in [3.05, 3.63) is 64.7 Å². The number of nitrogens with zero attached hydrogens (tertiary/aromatic N) is 1. The van der Waals surface area contributed by atoms with E-state index in [4.69, 9.17) is 0 Å². The first-order valence-corrected chi connectivity index (χ1v) is 12.7. The highest BCUT2D eigenvalue weighted by atomic mass is 19.4. The van der Waals surface area contributed by atoms with E-state index in [1.165, 1.54) is 19.1 Å². The number of aryl methyl sites for hydroxylation is 1. The fraction of sp³-hybridized carbons (Fsp3) is 0.464. The van der Waals surface area contributed by atoms with E-state index >= 15 is 8.78 Å². The summed E-state index contributed by atoms with van der Waals surface area (Å²) < 4.78 is 68.3. The van der Waals surface area contributed by atoms with Crippen molar-refractivity contribution >= 4 is 17.7 Å². The molecule has 0 aromatic heterocycles. The number of aliphatic hydroxyl groups is 1. The van der Waals surface area contributed by atoms with Gasteiger partial charge in [-0.15, -0.1) is 0 Å². The van der Waals surface area contributed by atoms with Crippen molar-refractivity contribution in [1.82, 2.24) is 15.5 Å². The van der Waals surface area contributed by atoms with Gasteiger partial charge in [-0.25, -0.2) is 8.78 Å².